The van der Waals surface area contributed by atoms with Crippen molar-refractivity contribution in [2.24, 2.45) is 5.92 Å². The first-order valence-electron chi connectivity index (χ1n) is 6.93. The Balaban J connectivity index is 2.07. The van der Waals surface area contributed by atoms with Gasteiger partial charge in [-0.2, -0.15) is 0 Å². The molecule has 1 atom stereocenters. The van der Waals surface area contributed by atoms with Crippen molar-refractivity contribution < 1.29 is 14.7 Å². The van der Waals surface area contributed by atoms with E-state index in [9.17, 15) is 14.7 Å². The lowest BCUT2D eigenvalue weighted by molar-refractivity contribution is -0.141. The lowest BCUT2D eigenvalue weighted by Gasteiger charge is -2.12. The second kappa shape index (κ2) is 6.84. The van der Waals surface area contributed by atoms with Crippen LogP contribution in [0.1, 0.15) is 27.9 Å². The van der Waals surface area contributed by atoms with Crippen molar-refractivity contribution in [3.63, 3.8) is 0 Å². The minimum absolute atomic E-state index is 0.0211. The Morgan fingerprint density at radius 2 is 1.62 bits per heavy atom. The zero-order valence-corrected chi connectivity index (χ0v) is 12.0. The fraction of sp³-hybridized carbons (Fsp3) is 0.222. The average molecular weight is 282 g/mol. The molecule has 0 saturated heterocycles. The highest BCUT2D eigenvalue weighted by molar-refractivity contribution is 5.98. The van der Waals surface area contributed by atoms with Crippen LogP contribution >= 0.6 is 0 Å². The Bertz CT molecular complexity index is 615. The van der Waals surface area contributed by atoms with Crippen LogP contribution in [0.15, 0.2) is 54.6 Å². The van der Waals surface area contributed by atoms with Crippen LogP contribution in [0.4, 0.5) is 0 Å². The molecule has 1 N–H and O–H groups in total. The minimum Gasteiger partial charge on any atom is -0.481 e. The van der Waals surface area contributed by atoms with Crippen molar-refractivity contribution >= 4 is 11.8 Å². The molecule has 0 saturated carbocycles. The van der Waals surface area contributed by atoms with Gasteiger partial charge in [0, 0.05) is 12.0 Å². The molecule has 3 heteroatoms. The Hall–Kier alpha value is -2.42. The van der Waals surface area contributed by atoms with E-state index < -0.39 is 11.9 Å². The molecule has 0 fully saturated rings. The number of carbonyl (C=O) groups excluding carboxylic acids is 1. The van der Waals surface area contributed by atoms with Gasteiger partial charge in [0.05, 0.1) is 5.92 Å². The molecule has 3 nitrogen and oxygen atoms in total. The first kappa shape index (κ1) is 15.0. The third-order valence-electron chi connectivity index (χ3n) is 3.48. The van der Waals surface area contributed by atoms with E-state index in [0.717, 1.165) is 11.1 Å². The number of aryl methyl sites for hydroxylation is 1. The van der Waals surface area contributed by atoms with Crippen molar-refractivity contribution in [2.45, 2.75) is 19.8 Å². The highest BCUT2D eigenvalue weighted by Gasteiger charge is 2.22. The Labute approximate surface area is 124 Å². The van der Waals surface area contributed by atoms with Gasteiger partial charge in [-0.05, 0) is 18.9 Å². The Kier molecular flexibility index (Phi) is 4.88. The van der Waals surface area contributed by atoms with E-state index in [4.69, 9.17) is 0 Å². The summed E-state index contributed by atoms with van der Waals surface area (Å²) < 4.78 is 0. The lowest BCUT2D eigenvalue weighted by atomic mass is 9.92. The molecule has 0 aliphatic carbocycles. The van der Waals surface area contributed by atoms with Gasteiger partial charge in [0.2, 0.25) is 0 Å². The number of carboxylic acid groups (broad SMARTS) is 1. The molecule has 0 heterocycles. The predicted octanol–water partition coefficient (Wildman–Crippen LogP) is 3.51. The van der Waals surface area contributed by atoms with Crippen LogP contribution in [0, 0.1) is 12.8 Å². The van der Waals surface area contributed by atoms with Crippen molar-refractivity contribution in [3.8, 4) is 0 Å². The van der Waals surface area contributed by atoms with E-state index >= 15 is 0 Å². The maximum absolute atomic E-state index is 12.2. The third kappa shape index (κ3) is 4.28. The van der Waals surface area contributed by atoms with Gasteiger partial charge in [-0.3, -0.25) is 9.59 Å². The minimum atomic E-state index is -0.931. The molecule has 2 aromatic carbocycles. The normalized spacial score (nSPS) is 11.9. The van der Waals surface area contributed by atoms with Gasteiger partial charge in [-0.25, -0.2) is 0 Å². The first-order chi connectivity index (χ1) is 10.1. The summed E-state index contributed by atoms with van der Waals surface area (Å²) in [6.07, 6.45) is 0.390. The van der Waals surface area contributed by atoms with Gasteiger partial charge in [0.15, 0.2) is 5.78 Å². The topological polar surface area (TPSA) is 54.4 Å². The molecule has 0 radical (unpaired) electrons. The summed E-state index contributed by atoms with van der Waals surface area (Å²) in [7, 11) is 0. The summed E-state index contributed by atoms with van der Waals surface area (Å²) in [6, 6.07) is 16.6. The van der Waals surface area contributed by atoms with E-state index in [1.807, 2.05) is 49.4 Å². The van der Waals surface area contributed by atoms with Crippen molar-refractivity contribution in [1.82, 2.24) is 0 Å². The summed E-state index contributed by atoms with van der Waals surface area (Å²) in [5.74, 6) is -1.75. The molecule has 21 heavy (non-hydrogen) atoms. The maximum Gasteiger partial charge on any atom is 0.307 e. The number of hydrogen-bond acceptors (Lipinski definition) is 2. The summed E-state index contributed by atoms with van der Waals surface area (Å²) in [5, 5.41) is 9.32. The summed E-state index contributed by atoms with van der Waals surface area (Å²) >= 11 is 0. The largest absolute Gasteiger partial charge is 0.481 e. The van der Waals surface area contributed by atoms with Crippen LogP contribution in [0.2, 0.25) is 0 Å². The zero-order chi connectivity index (χ0) is 15.2. The Morgan fingerprint density at radius 3 is 2.19 bits per heavy atom. The van der Waals surface area contributed by atoms with Crippen molar-refractivity contribution in [2.75, 3.05) is 0 Å². The maximum atomic E-state index is 12.2. The number of benzene rings is 2. The summed E-state index contributed by atoms with van der Waals surface area (Å²) in [4.78, 5) is 23.6. The predicted molar refractivity (Wildman–Crippen MR) is 81.4 cm³/mol. The molecule has 0 bridgehead atoms. The molecule has 0 amide bonds. The average Bonchev–Trinajstić information content (AvgIpc) is 2.48. The smallest absolute Gasteiger partial charge is 0.307 e. The van der Waals surface area contributed by atoms with E-state index in [2.05, 4.69) is 0 Å². The van der Waals surface area contributed by atoms with Crippen LogP contribution in [-0.4, -0.2) is 16.9 Å². The number of rotatable bonds is 6. The van der Waals surface area contributed by atoms with Crippen LogP contribution in [0.25, 0.3) is 0 Å². The van der Waals surface area contributed by atoms with Gasteiger partial charge in [-0.1, -0.05) is 60.2 Å². The molecule has 1 unspecified atom stereocenters. The highest BCUT2D eigenvalue weighted by atomic mass is 16.4. The van der Waals surface area contributed by atoms with E-state index in [-0.39, 0.29) is 12.2 Å². The van der Waals surface area contributed by atoms with Crippen LogP contribution in [-0.2, 0) is 11.2 Å². The molecule has 2 rings (SSSR count). The summed E-state index contributed by atoms with van der Waals surface area (Å²) in [5.41, 5.74) is 2.58. The van der Waals surface area contributed by atoms with Crippen molar-refractivity contribution in [1.29, 1.82) is 0 Å². The summed E-state index contributed by atoms with van der Waals surface area (Å²) in [6.45, 7) is 1.95. The van der Waals surface area contributed by atoms with Crippen LogP contribution in [0.3, 0.4) is 0 Å². The van der Waals surface area contributed by atoms with Gasteiger partial charge < -0.3 is 5.11 Å². The first-order valence-corrected chi connectivity index (χ1v) is 6.93. The Morgan fingerprint density at radius 1 is 1.00 bits per heavy atom. The fourth-order valence-corrected chi connectivity index (χ4v) is 2.23. The molecule has 108 valence electrons. The third-order valence-corrected chi connectivity index (χ3v) is 3.48. The molecule has 0 aliphatic rings. The van der Waals surface area contributed by atoms with Gasteiger partial charge in [0.25, 0.3) is 0 Å². The number of hydrogen-bond donors (Lipinski definition) is 1. The fourth-order valence-electron chi connectivity index (χ4n) is 2.23. The number of Topliss-reactive ketones (excluding diaryl/α,β-unsaturated/α-hetero) is 1. The number of ketones is 1. The van der Waals surface area contributed by atoms with E-state index in [0.29, 0.717) is 12.0 Å². The van der Waals surface area contributed by atoms with Crippen molar-refractivity contribution in [3.05, 3.63) is 71.3 Å². The molecule has 0 aliphatic heterocycles. The van der Waals surface area contributed by atoms with Gasteiger partial charge >= 0.3 is 5.97 Å². The number of aliphatic carboxylic acids is 1. The molecular formula is C18H18O3. The number of carbonyl (C=O) groups is 2. The number of carboxylic acids is 1. The van der Waals surface area contributed by atoms with Crippen LogP contribution in [0.5, 0.6) is 0 Å². The standard InChI is InChI=1S/C18H18O3/c1-13-7-9-15(10-8-13)17(19)12-16(18(20)21)11-14-5-3-2-4-6-14/h2-10,16H,11-12H2,1H3,(H,20,21). The second-order valence-electron chi connectivity index (χ2n) is 5.22. The molecule has 2 aromatic rings. The van der Waals surface area contributed by atoms with Crippen LogP contribution < -0.4 is 0 Å². The quantitative estimate of drug-likeness (QED) is 0.825. The monoisotopic (exact) mass is 282 g/mol. The van der Waals surface area contributed by atoms with E-state index in [1.165, 1.54) is 0 Å². The molecule has 0 aromatic heterocycles. The highest BCUT2D eigenvalue weighted by Crippen LogP contribution is 2.16. The SMILES string of the molecule is Cc1ccc(C(=O)CC(Cc2ccccc2)C(=O)O)cc1. The van der Waals surface area contributed by atoms with E-state index in [1.54, 1.807) is 12.1 Å². The lowest BCUT2D eigenvalue weighted by Crippen LogP contribution is -2.20. The van der Waals surface area contributed by atoms with Gasteiger partial charge in [0.1, 0.15) is 0 Å². The zero-order valence-electron chi connectivity index (χ0n) is 12.0. The molecular weight excluding hydrogens is 264 g/mol. The molecule has 0 spiro atoms. The second-order valence-corrected chi connectivity index (χ2v) is 5.22. The van der Waals surface area contributed by atoms with Gasteiger partial charge in [-0.15, -0.1) is 0 Å².